The van der Waals surface area contributed by atoms with Crippen LogP contribution in [0.1, 0.15) is 10.4 Å². The van der Waals surface area contributed by atoms with E-state index in [4.69, 9.17) is 0 Å². The van der Waals surface area contributed by atoms with Gasteiger partial charge in [0.25, 0.3) is 0 Å². The molecule has 0 aliphatic heterocycles. The van der Waals surface area contributed by atoms with Crippen molar-refractivity contribution in [2.24, 2.45) is 0 Å². The standard InChI is InChI=1S/C10H13N3S/c1-11-5-9-6-12-13(7-9)8-10-3-2-4-14-10/h2-4,6-7,11H,5,8H2,1H3. The van der Waals surface area contributed by atoms with Crippen molar-refractivity contribution in [2.75, 3.05) is 7.05 Å². The Bertz CT molecular complexity index is 378. The monoisotopic (exact) mass is 207 g/mol. The smallest absolute Gasteiger partial charge is 0.0752 e. The Hall–Kier alpha value is -1.13. The summed E-state index contributed by atoms with van der Waals surface area (Å²) >= 11 is 1.76. The van der Waals surface area contributed by atoms with Gasteiger partial charge in [-0.05, 0) is 18.5 Å². The van der Waals surface area contributed by atoms with Crippen LogP contribution in [0, 0.1) is 0 Å². The minimum Gasteiger partial charge on any atom is -0.316 e. The van der Waals surface area contributed by atoms with Crippen molar-refractivity contribution in [3.05, 3.63) is 40.3 Å². The van der Waals surface area contributed by atoms with Crippen LogP contribution >= 0.6 is 11.3 Å². The van der Waals surface area contributed by atoms with Crippen LogP contribution in [0.4, 0.5) is 0 Å². The molecule has 0 saturated heterocycles. The van der Waals surface area contributed by atoms with Gasteiger partial charge in [0.05, 0.1) is 12.7 Å². The van der Waals surface area contributed by atoms with Crippen molar-refractivity contribution in [2.45, 2.75) is 13.1 Å². The van der Waals surface area contributed by atoms with E-state index in [1.165, 1.54) is 10.4 Å². The van der Waals surface area contributed by atoms with Crippen LogP contribution in [0.3, 0.4) is 0 Å². The summed E-state index contributed by atoms with van der Waals surface area (Å²) in [6.45, 7) is 1.76. The maximum absolute atomic E-state index is 4.29. The molecule has 0 spiro atoms. The van der Waals surface area contributed by atoms with Crippen molar-refractivity contribution in [3.8, 4) is 0 Å². The van der Waals surface area contributed by atoms with Gasteiger partial charge in [-0.25, -0.2) is 0 Å². The zero-order valence-electron chi connectivity index (χ0n) is 8.10. The van der Waals surface area contributed by atoms with Gasteiger partial charge in [0.2, 0.25) is 0 Å². The third-order valence-corrected chi connectivity index (χ3v) is 2.83. The van der Waals surface area contributed by atoms with Crippen LogP contribution in [0.2, 0.25) is 0 Å². The summed E-state index contributed by atoms with van der Waals surface area (Å²) in [6, 6.07) is 4.20. The zero-order valence-corrected chi connectivity index (χ0v) is 8.92. The predicted octanol–water partition coefficient (Wildman–Crippen LogP) is 1.71. The summed E-state index contributed by atoms with van der Waals surface area (Å²) in [5, 5.41) is 9.49. The molecule has 0 saturated carbocycles. The van der Waals surface area contributed by atoms with Gasteiger partial charge in [-0.1, -0.05) is 6.07 Å². The molecule has 3 nitrogen and oxygen atoms in total. The molecule has 74 valence electrons. The summed E-state index contributed by atoms with van der Waals surface area (Å²) < 4.78 is 1.97. The second kappa shape index (κ2) is 4.39. The molecule has 2 heterocycles. The number of thiophene rings is 1. The highest BCUT2D eigenvalue weighted by Gasteiger charge is 1.99. The first-order valence-corrected chi connectivity index (χ1v) is 5.45. The number of aromatic nitrogens is 2. The Morgan fingerprint density at radius 1 is 1.57 bits per heavy atom. The molecule has 2 aromatic heterocycles. The maximum atomic E-state index is 4.29. The molecule has 4 heteroatoms. The predicted molar refractivity (Wildman–Crippen MR) is 58.4 cm³/mol. The lowest BCUT2D eigenvalue weighted by molar-refractivity contribution is 0.693. The fraction of sp³-hybridized carbons (Fsp3) is 0.300. The normalized spacial score (nSPS) is 10.6. The van der Waals surface area contributed by atoms with Crippen molar-refractivity contribution in [3.63, 3.8) is 0 Å². The molecule has 14 heavy (non-hydrogen) atoms. The fourth-order valence-corrected chi connectivity index (χ4v) is 2.05. The fourth-order valence-electron chi connectivity index (χ4n) is 1.35. The molecule has 2 aromatic rings. The van der Waals surface area contributed by atoms with Gasteiger partial charge in [-0.15, -0.1) is 11.3 Å². The summed E-state index contributed by atoms with van der Waals surface area (Å²) in [7, 11) is 1.94. The van der Waals surface area contributed by atoms with E-state index in [0.717, 1.165) is 13.1 Å². The Morgan fingerprint density at radius 2 is 2.50 bits per heavy atom. The van der Waals surface area contributed by atoms with Crippen LogP contribution in [0.5, 0.6) is 0 Å². The Kier molecular flexibility index (Phi) is 2.96. The Balaban J connectivity index is 2.03. The molecule has 0 aliphatic rings. The van der Waals surface area contributed by atoms with Gasteiger partial charge >= 0.3 is 0 Å². The lowest BCUT2D eigenvalue weighted by atomic mass is 10.4. The molecule has 2 rings (SSSR count). The molecule has 1 N–H and O–H groups in total. The number of rotatable bonds is 4. The molecule has 0 amide bonds. The third kappa shape index (κ3) is 2.21. The van der Waals surface area contributed by atoms with Crippen molar-refractivity contribution >= 4 is 11.3 Å². The molecular formula is C10H13N3S. The minimum absolute atomic E-state index is 0.876. The molecule has 0 bridgehead atoms. The third-order valence-electron chi connectivity index (χ3n) is 1.97. The molecule has 0 aliphatic carbocycles. The molecule has 0 radical (unpaired) electrons. The van der Waals surface area contributed by atoms with Crippen molar-refractivity contribution in [1.29, 1.82) is 0 Å². The topological polar surface area (TPSA) is 29.9 Å². The molecule has 0 unspecified atom stereocenters. The largest absolute Gasteiger partial charge is 0.316 e. The molecule has 0 atom stereocenters. The first kappa shape index (κ1) is 9.43. The highest BCUT2D eigenvalue weighted by atomic mass is 32.1. The van der Waals surface area contributed by atoms with E-state index in [0.29, 0.717) is 0 Å². The Labute approximate surface area is 87.4 Å². The van der Waals surface area contributed by atoms with E-state index < -0.39 is 0 Å². The number of hydrogen-bond acceptors (Lipinski definition) is 3. The quantitative estimate of drug-likeness (QED) is 0.827. The second-order valence-corrected chi connectivity index (χ2v) is 4.19. The van der Waals surface area contributed by atoms with E-state index >= 15 is 0 Å². The van der Waals surface area contributed by atoms with Crippen LogP contribution in [0.25, 0.3) is 0 Å². The van der Waals surface area contributed by atoms with E-state index in [1.54, 1.807) is 11.3 Å². The van der Waals surface area contributed by atoms with Crippen LogP contribution in [-0.2, 0) is 13.1 Å². The Morgan fingerprint density at radius 3 is 3.21 bits per heavy atom. The average Bonchev–Trinajstić information content (AvgIpc) is 2.79. The van der Waals surface area contributed by atoms with Crippen LogP contribution < -0.4 is 5.32 Å². The van der Waals surface area contributed by atoms with Crippen molar-refractivity contribution in [1.82, 2.24) is 15.1 Å². The number of nitrogens with one attached hydrogen (secondary N) is 1. The highest BCUT2D eigenvalue weighted by Crippen LogP contribution is 2.10. The SMILES string of the molecule is CNCc1cnn(Cc2cccs2)c1. The van der Waals surface area contributed by atoms with Crippen LogP contribution in [-0.4, -0.2) is 16.8 Å². The first-order valence-electron chi connectivity index (χ1n) is 4.57. The van der Waals surface area contributed by atoms with Gasteiger partial charge in [0.15, 0.2) is 0 Å². The van der Waals surface area contributed by atoms with E-state index in [1.807, 2.05) is 17.9 Å². The maximum Gasteiger partial charge on any atom is 0.0752 e. The summed E-state index contributed by atoms with van der Waals surface area (Å²) in [6.07, 6.45) is 3.99. The van der Waals surface area contributed by atoms with Gasteiger partial charge in [0.1, 0.15) is 0 Å². The second-order valence-electron chi connectivity index (χ2n) is 3.16. The van der Waals surface area contributed by atoms with Gasteiger partial charge in [-0.3, -0.25) is 4.68 Å². The van der Waals surface area contributed by atoms with E-state index in [9.17, 15) is 0 Å². The molecule has 0 fully saturated rings. The number of hydrogen-bond donors (Lipinski definition) is 1. The van der Waals surface area contributed by atoms with E-state index in [2.05, 4.69) is 34.1 Å². The average molecular weight is 207 g/mol. The first-order chi connectivity index (χ1) is 6.88. The van der Waals surface area contributed by atoms with Gasteiger partial charge in [-0.2, -0.15) is 5.10 Å². The molecule has 0 aromatic carbocycles. The number of nitrogens with zero attached hydrogens (tertiary/aromatic N) is 2. The lowest BCUT2D eigenvalue weighted by Gasteiger charge is -1.97. The van der Waals surface area contributed by atoms with Crippen molar-refractivity contribution < 1.29 is 0 Å². The minimum atomic E-state index is 0.876. The van der Waals surface area contributed by atoms with Gasteiger partial charge in [0, 0.05) is 23.2 Å². The zero-order chi connectivity index (χ0) is 9.80. The summed E-state index contributed by atoms with van der Waals surface area (Å²) in [4.78, 5) is 1.34. The van der Waals surface area contributed by atoms with E-state index in [-0.39, 0.29) is 0 Å². The van der Waals surface area contributed by atoms with Crippen LogP contribution in [0.15, 0.2) is 29.9 Å². The lowest BCUT2D eigenvalue weighted by Crippen LogP contribution is -2.04. The molecular weight excluding hydrogens is 194 g/mol. The highest BCUT2D eigenvalue weighted by molar-refractivity contribution is 7.09. The summed E-state index contributed by atoms with van der Waals surface area (Å²) in [5.41, 5.74) is 1.23. The summed E-state index contributed by atoms with van der Waals surface area (Å²) in [5.74, 6) is 0. The van der Waals surface area contributed by atoms with Gasteiger partial charge < -0.3 is 5.32 Å².